The number of hydrogen-bond acceptors (Lipinski definition) is 23. The molecular weight excluding hydrogens is 1530 g/mol. The number of fused-ring (bicyclic) bond motifs is 1. The van der Waals surface area contributed by atoms with E-state index in [1.54, 1.807) is 121 Å². The van der Waals surface area contributed by atoms with Crippen molar-refractivity contribution in [2.75, 3.05) is 37.7 Å². The summed E-state index contributed by atoms with van der Waals surface area (Å²) in [7, 11) is 0. The molecule has 0 unspecified atom stereocenters. The number of carbonyl (C=O) groups excluding carboxylic acids is 14. The van der Waals surface area contributed by atoms with E-state index in [1.807, 2.05) is 0 Å². The van der Waals surface area contributed by atoms with Crippen LogP contribution in [-0.4, -0.2) is 243 Å². The summed E-state index contributed by atoms with van der Waals surface area (Å²) in [6, 6.07) is 10.9. The highest BCUT2D eigenvalue weighted by molar-refractivity contribution is 7.80. The molecule has 0 bridgehead atoms. The van der Waals surface area contributed by atoms with Gasteiger partial charge in [-0.15, -0.1) is 0 Å². The fraction of sp³-hybridized carbons (Fsp3) is 0.461. The van der Waals surface area contributed by atoms with E-state index in [9.17, 15) is 78.0 Å². The first-order chi connectivity index (χ1) is 54.8. The van der Waals surface area contributed by atoms with Crippen LogP contribution in [0.2, 0.25) is 0 Å². The van der Waals surface area contributed by atoms with Crippen molar-refractivity contribution in [1.29, 1.82) is 0 Å². The van der Waals surface area contributed by atoms with E-state index in [0.29, 0.717) is 46.0 Å². The van der Waals surface area contributed by atoms with Crippen molar-refractivity contribution in [3.8, 4) is 0 Å². The van der Waals surface area contributed by atoms with Crippen molar-refractivity contribution in [3.63, 3.8) is 0 Å². The molecule has 1 heterocycles. The van der Waals surface area contributed by atoms with Crippen LogP contribution in [0.1, 0.15) is 88.0 Å². The van der Waals surface area contributed by atoms with Crippen molar-refractivity contribution in [3.05, 3.63) is 144 Å². The topological polar surface area (TPSA) is 613 Å². The van der Waals surface area contributed by atoms with E-state index in [4.69, 9.17) is 22.9 Å². The number of nitrogens with one attached hydrogen (secondary N) is 14. The normalized spacial score (nSPS) is 15.1. The molecule has 5 aromatic rings. The predicted octanol–water partition coefficient (Wildman–Crippen LogP) is -5.45. The molecule has 1 aromatic heterocycles. The zero-order valence-electron chi connectivity index (χ0n) is 63.8. The third-order valence-corrected chi connectivity index (χ3v) is 18.8. The summed E-state index contributed by atoms with van der Waals surface area (Å²) >= 11 is 8.09. The first kappa shape index (κ1) is 94.5. The molecule has 37 nitrogen and oxygen atoms in total. The van der Waals surface area contributed by atoms with Gasteiger partial charge in [0.25, 0.3) is 0 Å². The molecule has 0 fully saturated rings. The molecular formula is C76H106N18O19S2. The van der Waals surface area contributed by atoms with Gasteiger partial charge >= 0.3 is 5.97 Å². The lowest BCUT2D eigenvalue weighted by Gasteiger charge is -2.29. The molecule has 0 aliphatic carbocycles. The lowest BCUT2D eigenvalue weighted by molar-refractivity contribution is -0.142. The van der Waals surface area contributed by atoms with Gasteiger partial charge in [0.05, 0.1) is 37.8 Å². The number of unbranched alkanes of at least 4 members (excludes halogenated alkanes) is 2. The van der Waals surface area contributed by atoms with Gasteiger partial charge in [0.2, 0.25) is 82.7 Å². The maximum Gasteiger partial charge on any atom is 0.327 e. The number of primary amides is 1. The molecule has 15 atom stereocenters. The number of nitrogens with two attached hydrogens (primary N) is 4. The number of rotatable bonds is 50. The van der Waals surface area contributed by atoms with Crippen LogP contribution in [0.3, 0.4) is 0 Å². The Bertz CT molecular complexity index is 4090. The minimum Gasteiger partial charge on any atom is -0.480 e. The average Bonchev–Trinajstić information content (AvgIpc) is 1.73. The van der Waals surface area contributed by atoms with Gasteiger partial charge in [-0.3, -0.25) is 67.1 Å². The number of aromatic nitrogens is 1. The molecule has 115 heavy (non-hydrogen) atoms. The number of thiol groups is 2. The number of aromatic amines is 1. The van der Waals surface area contributed by atoms with Crippen molar-refractivity contribution in [1.82, 2.24) is 74.1 Å². The van der Waals surface area contributed by atoms with Gasteiger partial charge in [0, 0.05) is 54.3 Å². The Balaban J connectivity index is 1.47. The summed E-state index contributed by atoms with van der Waals surface area (Å²) in [6.45, 7) is 2.34. The number of aliphatic carboxylic acids is 1. The monoisotopic (exact) mass is 1640 g/mol. The second-order valence-corrected chi connectivity index (χ2v) is 28.1. The van der Waals surface area contributed by atoms with Crippen LogP contribution in [0.5, 0.6) is 0 Å². The molecule has 26 N–H and O–H groups in total. The summed E-state index contributed by atoms with van der Waals surface area (Å²) < 4.78 is 0. The quantitative estimate of drug-likeness (QED) is 0.0128. The standard InChI is InChI=1S/C76H106N18O19S2/c1-41(79)64(100)82-37-61(99)83-58(39-114)73(109)85-50(27-15-17-29-77)65(101)89-56(35-60(80)98)70(106)87-52(31-44-19-7-4-8-20-44)67(103)86-53(32-45-21-9-5-10-22-45)68(104)88-55(34-47-36-81-49-26-14-13-25-48(47)49)69(105)84-51(28-16-18-30-78)66(102)93-62(42(2)96)74(110)90-54(33-46-23-11-6-12-24-46)71(107)94-63(43(3)97)75(111)91-57(38-95)72(108)92-59(40-115)76(112)113/h4-14,19-26,36,41-43,50-59,62-63,81,95-97,114-115H,15-18,27-35,37-40,77-79H2,1-3H3,(H2,80,98)(H,82,100)(H,83,99)(H,84,105)(H,85,109)(H,86,103)(H,87,106)(H,88,104)(H,89,101)(H,90,110)(H,91,111)(H,92,108)(H,93,102)(H,94,107)(H,112,113)/t41-,42+,43+,50-,51-,52-,53-,54-,55-,56-,57-,58-,59-,62-,63-/m0/s1. The van der Waals surface area contributed by atoms with E-state index < -0.39 is 199 Å². The lowest BCUT2D eigenvalue weighted by Crippen LogP contribution is -2.63. The third-order valence-electron chi connectivity index (χ3n) is 18.1. The smallest absolute Gasteiger partial charge is 0.327 e. The zero-order chi connectivity index (χ0) is 84.8. The van der Waals surface area contributed by atoms with Crippen LogP contribution in [0.15, 0.2) is 121 Å². The Labute approximate surface area is 674 Å². The summed E-state index contributed by atoms with van der Waals surface area (Å²) in [5, 5.41) is 74.3. The molecule has 5 rings (SSSR count). The van der Waals surface area contributed by atoms with E-state index >= 15 is 14.4 Å². The van der Waals surface area contributed by atoms with Crippen molar-refractivity contribution in [2.24, 2.45) is 22.9 Å². The number of carboxylic acids is 1. The second kappa shape index (κ2) is 48.9. The van der Waals surface area contributed by atoms with Crippen LogP contribution in [0, 0.1) is 0 Å². The Morgan fingerprint density at radius 1 is 0.409 bits per heavy atom. The van der Waals surface area contributed by atoms with Gasteiger partial charge in [0.1, 0.15) is 72.5 Å². The number of H-pyrrole nitrogens is 1. The van der Waals surface area contributed by atoms with Crippen LogP contribution in [0.4, 0.5) is 0 Å². The highest BCUT2D eigenvalue weighted by Gasteiger charge is 2.39. The number of hydrogen-bond donors (Lipinski definition) is 24. The number of benzene rings is 4. The Morgan fingerprint density at radius 2 is 0.757 bits per heavy atom. The van der Waals surface area contributed by atoms with Crippen molar-refractivity contribution in [2.45, 2.75) is 182 Å². The van der Waals surface area contributed by atoms with Gasteiger partial charge in [0.15, 0.2) is 0 Å². The van der Waals surface area contributed by atoms with Gasteiger partial charge in [-0.1, -0.05) is 109 Å². The van der Waals surface area contributed by atoms with Gasteiger partial charge in [-0.05, 0) is 101 Å². The van der Waals surface area contributed by atoms with Crippen LogP contribution < -0.4 is 92.1 Å². The van der Waals surface area contributed by atoms with Gasteiger partial charge in [-0.25, -0.2) is 4.79 Å². The third kappa shape index (κ3) is 31.7. The molecule has 0 aliphatic rings. The Hall–Kier alpha value is -11.1. The molecule has 626 valence electrons. The average molecular weight is 1640 g/mol. The van der Waals surface area contributed by atoms with Crippen molar-refractivity contribution < 1.29 is 92.3 Å². The minimum atomic E-state index is -1.91. The maximum absolute atomic E-state index is 15.4. The highest BCUT2D eigenvalue weighted by Crippen LogP contribution is 2.21. The lowest BCUT2D eigenvalue weighted by atomic mass is 10.00. The molecule has 39 heteroatoms. The van der Waals surface area contributed by atoms with E-state index in [1.165, 1.54) is 6.92 Å². The first-order valence-electron chi connectivity index (χ1n) is 37.2. The van der Waals surface area contributed by atoms with Crippen LogP contribution >= 0.6 is 25.3 Å². The maximum atomic E-state index is 15.4. The summed E-state index contributed by atoms with van der Waals surface area (Å²) in [5.74, 6) is -16.3. The minimum absolute atomic E-state index is 0.0772. The second-order valence-electron chi connectivity index (χ2n) is 27.4. The number of aliphatic hydroxyl groups excluding tert-OH is 3. The number of carbonyl (C=O) groups is 15. The fourth-order valence-corrected chi connectivity index (χ4v) is 12.2. The molecule has 0 aliphatic heterocycles. The molecule has 0 radical (unpaired) electrons. The summed E-state index contributed by atoms with van der Waals surface area (Å²) in [6.07, 6.45) is -2.99. The highest BCUT2D eigenvalue weighted by atomic mass is 32.1. The molecule has 0 saturated carbocycles. The largest absolute Gasteiger partial charge is 0.480 e. The Morgan fingerprint density at radius 3 is 1.17 bits per heavy atom. The van der Waals surface area contributed by atoms with E-state index in [2.05, 4.69) is 99.4 Å². The number of amides is 14. The summed E-state index contributed by atoms with van der Waals surface area (Å²) in [4.78, 5) is 211. The summed E-state index contributed by atoms with van der Waals surface area (Å²) in [5.41, 5.74) is 25.4. The Kier molecular flexibility index (Phi) is 40.2. The van der Waals surface area contributed by atoms with Gasteiger partial charge < -0.3 is 117 Å². The predicted molar refractivity (Wildman–Crippen MR) is 428 cm³/mol. The molecule has 4 aromatic carbocycles. The van der Waals surface area contributed by atoms with Crippen LogP contribution in [-0.2, 0) is 97.6 Å². The van der Waals surface area contributed by atoms with Gasteiger partial charge in [-0.2, -0.15) is 25.3 Å². The van der Waals surface area contributed by atoms with E-state index in [-0.39, 0.29) is 76.0 Å². The molecule has 0 saturated heterocycles. The SMILES string of the molecule is C[C@H](N)C(=O)NCC(=O)N[C@@H](CS)C(=O)N[C@@H](CCCCN)C(=O)N[C@@H](CC(N)=O)C(=O)N[C@@H](Cc1ccccc1)C(=O)N[C@@H](Cc1ccccc1)C(=O)N[C@@H](Cc1c[nH]c2ccccc12)C(=O)N[C@@H](CCCCN)C(=O)N[C@H](C(=O)N[C@@H](Cc1ccccc1)C(=O)N[C@H](C(=O)N[C@@H](CO)C(=O)N[C@@H](CS)C(=O)O)[C@@H](C)O)[C@@H](C)O. The molecule has 0 spiro atoms. The fourth-order valence-electron chi connectivity index (χ4n) is 11.7. The first-order valence-corrected chi connectivity index (χ1v) is 38.5. The molecule has 14 amide bonds. The number of carboxylic acid groups (broad SMARTS) is 1. The van der Waals surface area contributed by atoms with Crippen LogP contribution in [0.25, 0.3) is 10.9 Å². The number of aliphatic hydroxyl groups is 3. The van der Waals surface area contributed by atoms with Crippen molar-refractivity contribution >= 4 is 125 Å². The zero-order valence-corrected chi connectivity index (χ0v) is 65.6. The number of para-hydroxylation sites is 1. The van der Waals surface area contributed by atoms with E-state index in [0.717, 1.165) is 13.8 Å².